The fourth-order valence-electron chi connectivity index (χ4n) is 1.95. The molecule has 0 heterocycles. The molecule has 0 atom stereocenters. The molecule has 0 aliphatic rings. The van der Waals surface area contributed by atoms with Gasteiger partial charge in [-0.3, -0.25) is 0 Å². The van der Waals surface area contributed by atoms with E-state index in [9.17, 15) is 74.6 Å². The van der Waals surface area contributed by atoms with Crippen LogP contribution < -0.4 is 5.32 Å². The van der Waals surface area contributed by atoms with Crippen molar-refractivity contribution in [2.45, 2.75) is 47.8 Å². The van der Waals surface area contributed by atoms with Gasteiger partial charge in [0.05, 0.1) is 0 Å². The Morgan fingerprint density at radius 2 is 0.719 bits per heavy atom. The summed E-state index contributed by atoms with van der Waals surface area (Å²) in [6, 6.07) is -3.17. The highest BCUT2D eigenvalue weighted by atomic mass is 19.4. The summed E-state index contributed by atoms with van der Waals surface area (Å²) < 4.78 is 222. The molecule has 0 spiro atoms. The van der Waals surface area contributed by atoms with Crippen LogP contribution in [0.25, 0.3) is 0 Å². The second kappa shape index (κ2) is 7.43. The molecule has 0 unspecified atom stereocenters. The van der Waals surface area contributed by atoms with Gasteiger partial charge in [0.15, 0.2) is 0 Å². The summed E-state index contributed by atoms with van der Waals surface area (Å²) in [5, 5.41) is 0.224. The van der Waals surface area contributed by atoms with Crippen molar-refractivity contribution in [3.05, 3.63) is 30.3 Å². The van der Waals surface area contributed by atoms with Crippen molar-refractivity contribution in [1.29, 1.82) is 0 Å². The molecule has 186 valence electrons. The number of rotatable bonds is 8. The van der Waals surface area contributed by atoms with Gasteiger partial charge in [0, 0.05) is 5.69 Å². The molecule has 0 aromatic heterocycles. The fraction of sp³-hybridized carbons (Fsp3) is 0.571. The summed E-state index contributed by atoms with van der Waals surface area (Å²) in [7, 11) is 0. The molecule has 1 rings (SSSR count). The van der Waals surface area contributed by atoms with Crippen molar-refractivity contribution >= 4 is 5.69 Å². The largest absolute Gasteiger partial charge is 0.460 e. The van der Waals surface area contributed by atoms with E-state index in [0.29, 0.717) is 12.1 Å². The number of hydrogen-bond acceptors (Lipinski definition) is 1. The number of para-hydroxylation sites is 1. The van der Waals surface area contributed by atoms with E-state index in [1.165, 1.54) is 0 Å². The first kappa shape index (κ1) is 27.9. The molecule has 0 saturated carbocycles. The highest BCUT2D eigenvalue weighted by Crippen LogP contribution is 2.63. The third-order valence-corrected chi connectivity index (χ3v) is 3.80. The molecular formula is C14H6F17N. The molecular weight excluding hydrogens is 505 g/mol. The van der Waals surface area contributed by atoms with Gasteiger partial charge in [0.2, 0.25) is 0 Å². The average molecular weight is 511 g/mol. The Bertz CT molecular complexity index is 795. The van der Waals surface area contributed by atoms with E-state index in [4.69, 9.17) is 0 Å². The Morgan fingerprint density at radius 3 is 1.06 bits per heavy atom. The third kappa shape index (κ3) is 3.68. The second-order valence-corrected chi connectivity index (χ2v) is 6.01. The number of hydrogen-bond donors (Lipinski definition) is 1. The van der Waals surface area contributed by atoms with Crippen LogP contribution in [-0.2, 0) is 0 Å². The van der Waals surface area contributed by atoms with Crippen LogP contribution in [0.4, 0.5) is 80.3 Å². The smallest absolute Gasteiger partial charge is 0.322 e. The predicted octanol–water partition coefficient (Wildman–Crippen LogP) is 7.07. The van der Waals surface area contributed by atoms with Crippen molar-refractivity contribution in [1.82, 2.24) is 0 Å². The molecule has 0 saturated heterocycles. The lowest BCUT2D eigenvalue weighted by molar-refractivity contribution is -0.460. The normalized spacial score (nSPS) is 15.7. The zero-order valence-electron chi connectivity index (χ0n) is 14.3. The van der Waals surface area contributed by atoms with E-state index in [1.807, 2.05) is 0 Å². The number of benzene rings is 1. The zero-order chi connectivity index (χ0) is 25.8. The van der Waals surface area contributed by atoms with Gasteiger partial charge in [-0.25, -0.2) is 0 Å². The molecule has 1 aromatic rings. The quantitative estimate of drug-likeness (QED) is 0.291. The first-order valence-electron chi connectivity index (χ1n) is 7.37. The SMILES string of the molecule is FC(F)(F)C(F)(F)C(F)(F)C(F)(F)C(F)(F)C(F)(F)C(F)(F)C(F)(F)Nc1ccccc1. The van der Waals surface area contributed by atoms with E-state index in [2.05, 4.69) is 0 Å². The van der Waals surface area contributed by atoms with E-state index in [1.54, 1.807) is 0 Å². The minimum absolute atomic E-state index is 0.224. The Kier molecular flexibility index (Phi) is 6.47. The maximum absolute atomic E-state index is 13.6. The summed E-state index contributed by atoms with van der Waals surface area (Å²) in [6.45, 7) is 0. The van der Waals surface area contributed by atoms with Crippen molar-refractivity contribution < 1.29 is 74.6 Å². The number of anilines is 1. The number of alkyl halides is 17. The molecule has 0 bridgehead atoms. The van der Waals surface area contributed by atoms with E-state index < -0.39 is 53.4 Å². The topological polar surface area (TPSA) is 12.0 Å². The van der Waals surface area contributed by atoms with Gasteiger partial charge in [0.1, 0.15) is 0 Å². The van der Waals surface area contributed by atoms with Crippen molar-refractivity contribution in [2.75, 3.05) is 5.32 Å². The lowest BCUT2D eigenvalue weighted by Crippen LogP contribution is -2.75. The van der Waals surface area contributed by atoms with E-state index >= 15 is 0 Å². The van der Waals surface area contributed by atoms with Crippen LogP contribution in [-0.4, -0.2) is 47.8 Å². The van der Waals surface area contributed by atoms with Crippen LogP contribution in [0.3, 0.4) is 0 Å². The lowest BCUT2D eigenvalue weighted by atomic mass is 9.90. The number of halogens is 17. The lowest BCUT2D eigenvalue weighted by Gasteiger charge is -2.42. The highest BCUT2D eigenvalue weighted by Gasteiger charge is 2.95. The Labute approximate surface area is 165 Å². The molecule has 0 fully saturated rings. The van der Waals surface area contributed by atoms with Crippen LogP contribution >= 0.6 is 0 Å². The average Bonchev–Trinajstić information content (AvgIpc) is 2.60. The van der Waals surface area contributed by atoms with Crippen LogP contribution in [0.1, 0.15) is 0 Å². The molecule has 32 heavy (non-hydrogen) atoms. The van der Waals surface area contributed by atoms with Crippen molar-refractivity contribution in [3.63, 3.8) is 0 Å². The van der Waals surface area contributed by atoms with Crippen LogP contribution in [0.5, 0.6) is 0 Å². The molecule has 1 N–H and O–H groups in total. The number of nitrogens with one attached hydrogen (secondary N) is 1. The van der Waals surface area contributed by atoms with Crippen LogP contribution in [0, 0.1) is 0 Å². The highest BCUT2D eigenvalue weighted by molar-refractivity contribution is 5.44. The molecule has 0 aliphatic heterocycles. The Morgan fingerprint density at radius 1 is 0.406 bits per heavy atom. The molecule has 1 nitrogen and oxygen atoms in total. The summed E-state index contributed by atoms with van der Waals surface area (Å²) in [5.41, 5.74) is -1.23. The van der Waals surface area contributed by atoms with Crippen molar-refractivity contribution in [3.8, 4) is 0 Å². The first-order chi connectivity index (χ1) is 13.8. The zero-order valence-corrected chi connectivity index (χ0v) is 14.3. The van der Waals surface area contributed by atoms with Gasteiger partial charge in [-0.1, -0.05) is 18.2 Å². The summed E-state index contributed by atoms with van der Waals surface area (Å²) in [4.78, 5) is 0. The first-order valence-corrected chi connectivity index (χ1v) is 7.37. The monoisotopic (exact) mass is 511 g/mol. The van der Waals surface area contributed by atoms with Gasteiger partial charge in [-0.2, -0.15) is 74.6 Å². The summed E-state index contributed by atoms with van der Waals surface area (Å²) >= 11 is 0. The molecule has 0 aliphatic carbocycles. The Hall–Kier alpha value is -2.17. The second-order valence-electron chi connectivity index (χ2n) is 6.01. The summed E-state index contributed by atoms with van der Waals surface area (Å²) in [5.74, 6) is -50.0. The maximum Gasteiger partial charge on any atom is 0.460 e. The van der Waals surface area contributed by atoms with Gasteiger partial charge in [-0.15, -0.1) is 0 Å². The van der Waals surface area contributed by atoms with Crippen molar-refractivity contribution in [2.24, 2.45) is 0 Å². The predicted molar refractivity (Wildman–Crippen MR) is 70.7 cm³/mol. The molecule has 18 heteroatoms. The maximum atomic E-state index is 13.6. The minimum atomic E-state index is -8.63. The fourth-order valence-corrected chi connectivity index (χ4v) is 1.95. The van der Waals surface area contributed by atoms with Crippen LogP contribution in [0.15, 0.2) is 30.3 Å². The molecule has 1 aromatic carbocycles. The summed E-state index contributed by atoms with van der Waals surface area (Å²) in [6.07, 6.45) is -7.77. The Balaban J connectivity index is 3.58. The third-order valence-electron chi connectivity index (χ3n) is 3.80. The van der Waals surface area contributed by atoms with E-state index in [-0.39, 0.29) is 5.32 Å². The van der Waals surface area contributed by atoms with E-state index in [0.717, 1.165) is 18.2 Å². The standard InChI is InChI=1S/C14H6F17N/c15-7(16,9(19,20)11(23,24)13(27,28)29)8(17,18)10(21,22)12(25,26)14(30,31)32-6-4-2-1-3-5-6/h1-5,32H. The van der Waals surface area contributed by atoms with Crippen LogP contribution in [0.2, 0.25) is 0 Å². The molecule has 0 amide bonds. The van der Waals surface area contributed by atoms with Gasteiger partial charge in [-0.05, 0) is 12.1 Å². The van der Waals surface area contributed by atoms with Gasteiger partial charge < -0.3 is 5.32 Å². The van der Waals surface area contributed by atoms with Gasteiger partial charge in [0.25, 0.3) is 0 Å². The van der Waals surface area contributed by atoms with Gasteiger partial charge >= 0.3 is 47.8 Å². The molecule has 0 radical (unpaired) electrons. The minimum Gasteiger partial charge on any atom is -0.322 e.